The van der Waals surface area contributed by atoms with E-state index in [0.717, 1.165) is 47.9 Å². The number of fused-ring (bicyclic) bond motifs is 2. The van der Waals surface area contributed by atoms with Crippen LogP contribution in [0.2, 0.25) is 0 Å². The highest BCUT2D eigenvalue weighted by atomic mass is 19.1. The molecule has 0 spiro atoms. The Morgan fingerprint density at radius 2 is 1.97 bits per heavy atom. The predicted molar refractivity (Wildman–Crippen MR) is 122 cm³/mol. The van der Waals surface area contributed by atoms with Gasteiger partial charge >= 0.3 is 0 Å². The number of carbonyl (C=O) groups is 1. The molecule has 0 unspecified atom stereocenters. The monoisotopic (exact) mass is 449 g/mol. The van der Waals surface area contributed by atoms with Crippen LogP contribution in [0.4, 0.5) is 8.78 Å². The van der Waals surface area contributed by atoms with E-state index < -0.39 is 5.82 Å². The standard InChI is InChI=1S/C26H25F2N3O2/c1-15(26-30-24-9-7-22(28)21(13-33-14-32)25(24)31-26)16-2-4-17(5-3-16)19-10-11-29-23-8-6-18(27)12-20(19)23/h6-12,14-17H,2-5,13H2,1H3,(H,30,31)/t15-,16?,17?/m0/s1. The minimum Gasteiger partial charge on any atom is -0.463 e. The van der Waals surface area contributed by atoms with E-state index in [-0.39, 0.29) is 23.9 Å². The van der Waals surface area contributed by atoms with Gasteiger partial charge in [0.1, 0.15) is 24.1 Å². The van der Waals surface area contributed by atoms with Crippen molar-refractivity contribution in [3.8, 4) is 0 Å². The molecular weight excluding hydrogens is 424 g/mol. The van der Waals surface area contributed by atoms with Crippen molar-refractivity contribution in [1.29, 1.82) is 0 Å². The van der Waals surface area contributed by atoms with Crippen LogP contribution >= 0.6 is 0 Å². The van der Waals surface area contributed by atoms with E-state index in [1.165, 1.54) is 17.7 Å². The Hall–Kier alpha value is -3.35. The summed E-state index contributed by atoms with van der Waals surface area (Å²) in [5.41, 5.74) is 3.53. The van der Waals surface area contributed by atoms with Gasteiger partial charge in [0, 0.05) is 17.5 Å². The second-order valence-corrected chi connectivity index (χ2v) is 8.91. The molecule has 170 valence electrons. The Balaban J connectivity index is 1.34. The molecular formula is C26H25F2N3O2. The number of nitrogens with zero attached hydrogens (tertiary/aromatic N) is 2. The molecule has 1 aliphatic carbocycles. The zero-order valence-corrected chi connectivity index (χ0v) is 18.4. The zero-order chi connectivity index (χ0) is 22.9. The van der Waals surface area contributed by atoms with Crippen molar-refractivity contribution in [2.24, 2.45) is 5.92 Å². The first-order valence-electron chi connectivity index (χ1n) is 11.3. The van der Waals surface area contributed by atoms with Gasteiger partial charge < -0.3 is 9.72 Å². The number of rotatable bonds is 6. The van der Waals surface area contributed by atoms with Gasteiger partial charge in [-0.25, -0.2) is 13.8 Å². The van der Waals surface area contributed by atoms with Crippen molar-refractivity contribution in [3.05, 3.63) is 71.2 Å². The van der Waals surface area contributed by atoms with Crippen LogP contribution in [0, 0.1) is 17.6 Å². The molecule has 5 rings (SSSR count). The molecule has 2 aromatic carbocycles. The number of ether oxygens (including phenoxy) is 1. The Morgan fingerprint density at radius 1 is 1.15 bits per heavy atom. The fraction of sp³-hybridized carbons (Fsp3) is 0.346. The van der Waals surface area contributed by atoms with E-state index >= 15 is 0 Å². The van der Waals surface area contributed by atoms with Gasteiger partial charge in [-0.2, -0.15) is 0 Å². The van der Waals surface area contributed by atoms with Crippen LogP contribution in [0.3, 0.4) is 0 Å². The highest BCUT2D eigenvalue weighted by molar-refractivity contribution is 5.82. The maximum absolute atomic E-state index is 14.3. The molecule has 1 atom stereocenters. The highest BCUT2D eigenvalue weighted by Gasteiger charge is 2.29. The van der Waals surface area contributed by atoms with Crippen LogP contribution in [0.1, 0.15) is 61.4 Å². The summed E-state index contributed by atoms with van der Waals surface area (Å²) in [4.78, 5) is 23.0. The maximum Gasteiger partial charge on any atom is 0.293 e. The normalized spacial score (nSPS) is 19.6. The Labute approximate surface area is 190 Å². The van der Waals surface area contributed by atoms with Crippen molar-refractivity contribution in [3.63, 3.8) is 0 Å². The Bertz CT molecular complexity index is 1310. The van der Waals surface area contributed by atoms with Crippen molar-refractivity contribution in [2.45, 2.75) is 51.0 Å². The third-order valence-corrected chi connectivity index (χ3v) is 7.10. The summed E-state index contributed by atoms with van der Waals surface area (Å²) < 4.78 is 32.9. The van der Waals surface area contributed by atoms with Crippen LogP contribution in [0.25, 0.3) is 21.9 Å². The lowest BCUT2D eigenvalue weighted by Gasteiger charge is -2.32. The average molecular weight is 450 g/mol. The predicted octanol–water partition coefficient (Wildman–Crippen LogP) is 6.14. The molecule has 1 N–H and O–H groups in total. The fourth-order valence-electron chi connectivity index (χ4n) is 5.25. The summed E-state index contributed by atoms with van der Waals surface area (Å²) in [6.07, 6.45) is 5.88. The zero-order valence-electron chi connectivity index (χ0n) is 18.4. The van der Waals surface area contributed by atoms with Crippen LogP contribution in [-0.4, -0.2) is 21.4 Å². The van der Waals surface area contributed by atoms with Gasteiger partial charge in [-0.1, -0.05) is 6.92 Å². The molecule has 7 heteroatoms. The quantitative estimate of drug-likeness (QED) is 0.359. The second kappa shape index (κ2) is 8.89. The van der Waals surface area contributed by atoms with Crippen molar-refractivity contribution in [1.82, 2.24) is 15.0 Å². The molecule has 33 heavy (non-hydrogen) atoms. The van der Waals surface area contributed by atoms with Gasteiger partial charge in [-0.15, -0.1) is 0 Å². The molecule has 0 bridgehead atoms. The van der Waals surface area contributed by atoms with Crippen molar-refractivity contribution < 1.29 is 18.3 Å². The number of carbonyl (C=O) groups excluding carboxylic acids is 1. The van der Waals surface area contributed by atoms with Gasteiger partial charge in [0.2, 0.25) is 0 Å². The molecule has 0 radical (unpaired) electrons. The lowest BCUT2D eigenvalue weighted by atomic mass is 9.73. The van der Waals surface area contributed by atoms with Crippen LogP contribution in [0.15, 0.2) is 42.6 Å². The molecule has 0 saturated heterocycles. The number of imidazole rings is 1. The lowest BCUT2D eigenvalue weighted by molar-refractivity contribution is -0.129. The summed E-state index contributed by atoms with van der Waals surface area (Å²) in [6.45, 7) is 2.32. The summed E-state index contributed by atoms with van der Waals surface area (Å²) in [5.74, 6) is 1.13. The second-order valence-electron chi connectivity index (χ2n) is 8.91. The van der Waals surface area contributed by atoms with E-state index in [1.54, 1.807) is 18.2 Å². The largest absolute Gasteiger partial charge is 0.463 e. The van der Waals surface area contributed by atoms with E-state index in [4.69, 9.17) is 4.74 Å². The first-order chi connectivity index (χ1) is 16.0. The number of nitrogens with one attached hydrogen (secondary N) is 1. The molecule has 1 fully saturated rings. The number of H-pyrrole nitrogens is 1. The minimum atomic E-state index is -0.434. The van der Waals surface area contributed by atoms with Crippen LogP contribution in [0.5, 0.6) is 0 Å². The number of hydrogen-bond donors (Lipinski definition) is 1. The molecule has 2 heterocycles. The SMILES string of the molecule is C[C@H](c1nc2c(COC=O)c(F)ccc2[nH]1)C1CCC(c2ccnc3ccc(F)cc23)CC1. The van der Waals surface area contributed by atoms with E-state index in [0.29, 0.717) is 23.8 Å². The van der Waals surface area contributed by atoms with Gasteiger partial charge in [-0.05, 0) is 79.5 Å². The molecule has 4 aromatic rings. The molecule has 0 amide bonds. The first kappa shape index (κ1) is 21.5. The molecule has 1 aliphatic rings. The third-order valence-electron chi connectivity index (χ3n) is 7.10. The van der Waals surface area contributed by atoms with Gasteiger partial charge in [0.05, 0.1) is 22.1 Å². The van der Waals surface area contributed by atoms with Crippen LogP contribution < -0.4 is 0 Å². The van der Waals surface area contributed by atoms with Gasteiger partial charge in [0.25, 0.3) is 6.47 Å². The number of hydrogen-bond acceptors (Lipinski definition) is 4. The Kier molecular flexibility index (Phi) is 5.79. The topological polar surface area (TPSA) is 67.9 Å². The smallest absolute Gasteiger partial charge is 0.293 e. The minimum absolute atomic E-state index is 0.142. The molecule has 0 aliphatic heterocycles. The van der Waals surface area contributed by atoms with E-state index in [2.05, 4.69) is 21.9 Å². The van der Waals surface area contributed by atoms with Crippen molar-refractivity contribution in [2.75, 3.05) is 0 Å². The Morgan fingerprint density at radius 3 is 2.76 bits per heavy atom. The molecule has 1 saturated carbocycles. The number of pyridine rings is 1. The number of benzene rings is 2. The number of halogens is 2. The van der Waals surface area contributed by atoms with Gasteiger partial charge in [0.15, 0.2) is 0 Å². The third kappa shape index (κ3) is 4.08. The number of aromatic amines is 1. The summed E-state index contributed by atoms with van der Waals surface area (Å²) in [5, 5.41) is 0.901. The summed E-state index contributed by atoms with van der Waals surface area (Å²) >= 11 is 0. The van der Waals surface area contributed by atoms with E-state index in [9.17, 15) is 13.6 Å². The molecule has 2 aromatic heterocycles. The average Bonchev–Trinajstić information content (AvgIpc) is 3.27. The van der Waals surface area contributed by atoms with E-state index in [1.807, 2.05) is 12.3 Å². The fourth-order valence-corrected chi connectivity index (χ4v) is 5.25. The van der Waals surface area contributed by atoms with Crippen molar-refractivity contribution >= 4 is 28.4 Å². The highest BCUT2D eigenvalue weighted by Crippen LogP contribution is 2.43. The van der Waals surface area contributed by atoms with Gasteiger partial charge in [-0.3, -0.25) is 9.78 Å². The number of aromatic nitrogens is 3. The lowest BCUT2D eigenvalue weighted by Crippen LogP contribution is -2.19. The summed E-state index contributed by atoms with van der Waals surface area (Å²) in [6, 6.07) is 9.83. The molecule has 5 nitrogen and oxygen atoms in total. The van der Waals surface area contributed by atoms with Crippen LogP contribution in [-0.2, 0) is 16.1 Å². The summed E-state index contributed by atoms with van der Waals surface area (Å²) in [7, 11) is 0. The maximum atomic E-state index is 14.3. The first-order valence-corrected chi connectivity index (χ1v) is 11.3.